The van der Waals surface area contributed by atoms with E-state index in [9.17, 15) is 9.59 Å². The van der Waals surface area contributed by atoms with Crippen LogP contribution in [0.4, 0.5) is 5.69 Å². The van der Waals surface area contributed by atoms with Gasteiger partial charge in [0.1, 0.15) is 0 Å². The normalized spacial score (nSPS) is 12.4. The minimum Gasteiger partial charge on any atom is -0.449 e. The summed E-state index contributed by atoms with van der Waals surface area (Å²) in [6.45, 7) is 9.37. The molecule has 0 saturated heterocycles. The number of benzene rings is 1. The number of unbranched alkanes of at least 4 members (excludes halogenated alkanes) is 9. The predicted molar refractivity (Wildman–Crippen MR) is 129 cm³/mol. The molecule has 0 aliphatic heterocycles. The third-order valence-electron chi connectivity index (χ3n) is 5.49. The van der Waals surface area contributed by atoms with Crippen molar-refractivity contribution < 1.29 is 14.3 Å². The van der Waals surface area contributed by atoms with E-state index in [1.807, 2.05) is 12.1 Å². The van der Waals surface area contributed by atoms with Gasteiger partial charge < -0.3 is 15.8 Å². The minimum atomic E-state index is -0.927. The van der Waals surface area contributed by atoms with E-state index in [0.717, 1.165) is 18.7 Å². The number of primary amides is 1. The second-order valence-electron chi connectivity index (χ2n) is 9.80. The molecular formula is C26H44N2O3. The van der Waals surface area contributed by atoms with Crippen LogP contribution in [-0.2, 0) is 9.53 Å². The highest BCUT2D eigenvalue weighted by atomic mass is 16.5. The summed E-state index contributed by atoms with van der Waals surface area (Å²) < 4.78 is 4.99. The molecule has 5 heteroatoms. The lowest BCUT2D eigenvalue weighted by atomic mass is 9.89. The molecule has 31 heavy (non-hydrogen) atoms. The highest BCUT2D eigenvalue weighted by Gasteiger charge is 2.15. The summed E-state index contributed by atoms with van der Waals surface area (Å²) in [5, 5.41) is 3.38. The summed E-state index contributed by atoms with van der Waals surface area (Å²) in [7, 11) is 0. The zero-order valence-electron chi connectivity index (χ0n) is 20.2. The van der Waals surface area contributed by atoms with Gasteiger partial charge in [0.2, 0.25) is 0 Å². The Morgan fingerprint density at radius 1 is 0.871 bits per heavy atom. The van der Waals surface area contributed by atoms with Crippen LogP contribution in [0.5, 0.6) is 0 Å². The highest BCUT2D eigenvalue weighted by Crippen LogP contribution is 2.22. The molecule has 0 bridgehead atoms. The smallest absolute Gasteiger partial charge is 0.338 e. The number of anilines is 1. The molecule has 5 nitrogen and oxygen atoms in total. The molecule has 0 fully saturated rings. The van der Waals surface area contributed by atoms with Crippen molar-refractivity contribution in [3.05, 3.63) is 29.8 Å². The van der Waals surface area contributed by atoms with Crippen LogP contribution >= 0.6 is 0 Å². The molecular weight excluding hydrogens is 388 g/mol. The van der Waals surface area contributed by atoms with Crippen molar-refractivity contribution in [3.63, 3.8) is 0 Å². The standard InChI is InChI=1S/C26H44N2O3/c1-21(24(27)29)31-25(30)22-15-17-23(18-16-22)28-20-14-12-10-8-6-5-7-9-11-13-19-26(2,3)4/h15-18,21,28H,5-14,19-20H2,1-4H3,(H2,27,29). The Morgan fingerprint density at radius 3 is 1.84 bits per heavy atom. The Bertz CT molecular complexity index is 635. The van der Waals surface area contributed by atoms with Crippen molar-refractivity contribution in [2.45, 2.75) is 104 Å². The molecule has 0 aliphatic rings. The molecule has 1 aromatic carbocycles. The van der Waals surface area contributed by atoms with Crippen molar-refractivity contribution in [3.8, 4) is 0 Å². The fourth-order valence-electron chi connectivity index (χ4n) is 3.44. The summed E-state index contributed by atoms with van der Waals surface area (Å²) in [6, 6.07) is 7.10. The molecule has 0 spiro atoms. The first-order valence-corrected chi connectivity index (χ1v) is 12.0. The number of carbonyl (C=O) groups is 2. The summed E-state index contributed by atoms with van der Waals surface area (Å²) >= 11 is 0. The van der Waals surface area contributed by atoms with Gasteiger partial charge >= 0.3 is 5.97 Å². The van der Waals surface area contributed by atoms with Crippen molar-refractivity contribution >= 4 is 17.6 Å². The zero-order chi connectivity index (χ0) is 23.1. The lowest BCUT2D eigenvalue weighted by Gasteiger charge is -2.17. The molecule has 0 aliphatic carbocycles. The Hall–Kier alpha value is -2.04. The first kappa shape index (κ1) is 27.0. The summed E-state index contributed by atoms with van der Waals surface area (Å²) in [5.41, 5.74) is 6.98. The Kier molecular flexibility index (Phi) is 13.0. The van der Waals surface area contributed by atoms with Gasteiger partial charge in [0.25, 0.3) is 5.91 Å². The average molecular weight is 433 g/mol. The summed E-state index contributed by atoms with van der Waals surface area (Å²) in [6.07, 6.45) is 13.7. The van der Waals surface area contributed by atoms with Crippen LogP contribution in [0, 0.1) is 5.41 Å². The van der Waals surface area contributed by atoms with Crippen molar-refractivity contribution in [1.82, 2.24) is 0 Å². The van der Waals surface area contributed by atoms with Gasteiger partial charge in [-0.2, -0.15) is 0 Å². The SMILES string of the molecule is CC(OC(=O)c1ccc(NCCCCCCCCCCCCC(C)(C)C)cc1)C(N)=O. The number of hydrogen-bond acceptors (Lipinski definition) is 4. The summed E-state index contributed by atoms with van der Waals surface area (Å²) in [4.78, 5) is 22.9. The van der Waals surface area contributed by atoms with E-state index in [1.54, 1.807) is 12.1 Å². The van der Waals surface area contributed by atoms with E-state index in [-0.39, 0.29) is 0 Å². The second-order valence-corrected chi connectivity index (χ2v) is 9.80. The fourth-order valence-corrected chi connectivity index (χ4v) is 3.44. The molecule has 1 atom stereocenters. The molecule has 0 aromatic heterocycles. The first-order chi connectivity index (χ1) is 14.7. The van der Waals surface area contributed by atoms with Gasteiger partial charge in [-0.05, 0) is 49.4 Å². The molecule has 1 unspecified atom stereocenters. The van der Waals surface area contributed by atoms with Crippen LogP contribution in [0.2, 0.25) is 0 Å². The number of hydrogen-bond donors (Lipinski definition) is 2. The molecule has 0 radical (unpaired) electrons. The number of rotatable bonds is 16. The monoisotopic (exact) mass is 432 g/mol. The number of nitrogens with two attached hydrogens (primary N) is 1. The first-order valence-electron chi connectivity index (χ1n) is 12.0. The van der Waals surface area contributed by atoms with Crippen LogP contribution in [0.15, 0.2) is 24.3 Å². The van der Waals surface area contributed by atoms with Gasteiger partial charge in [0.15, 0.2) is 6.10 Å². The van der Waals surface area contributed by atoms with E-state index in [0.29, 0.717) is 11.0 Å². The van der Waals surface area contributed by atoms with Gasteiger partial charge in [0, 0.05) is 12.2 Å². The number of amides is 1. The third kappa shape index (κ3) is 13.8. The van der Waals surface area contributed by atoms with Crippen molar-refractivity contribution in [2.75, 3.05) is 11.9 Å². The topological polar surface area (TPSA) is 81.4 Å². The molecule has 0 saturated carbocycles. The molecule has 176 valence electrons. The molecule has 1 aromatic rings. The van der Waals surface area contributed by atoms with E-state index in [2.05, 4.69) is 26.1 Å². The average Bonchev–Trinajstić information content (AvgIpc) is 2.70. The number of nitrogens with one attached hydrogen (secondary N) is 1. The van der Waals surface area contributed by atoms with Crippen LogP contribution in [-0.4, -0.2) is 24.5 Å². The largest absolute Gasteiger partial charge is 0.449 e. The molecule has 3 N–H and O–H groups in total. The predicted octanol–water partition coefficient (Wildman–Crippen LogP) is 6.47. The van der Waals surface area contributed by atoms with Crippen molar-refractivity contribution in [2.24, 2.45) is 11.1 Å². The number of ether oxygens (including phenoxy) is 1. The minimum absolute atomic E-state index is 0.410. The van der Waals surface area contributed by atoms with Crippen LogP contribution in [0.1, 0.15) is 109 Å². The number of esters is 1. The molecule has 1 rings (SSSR count). The van der Waals surface area contributed by atoms with E-state index in [4.69, 9.17) is 10.5 Å². The number of carbonyl (C=O) groups excluding carboxylic acids is 2. The molecule has 0 heterocycles. The third-order valence-corrected chi connectivity index (χ3v) is 5.49. The lowest BCUT2D eigenvalue weighted by molar-refractivity contribution is -0.125. The molecule has 1 amide bonds. The van der Waals surface area contributed by atoms with Gasteiger partial charge in [-0.25, -0.2) is 4.79 Å². The quantitative estimate of drug-likeness (QED) is 0.232. The van der Waals surface area contributed by atoms with Crippen LogP contribution < -0.4 is 11.1 Å². The maximum absolute atomic E-state index is 11.9. The maximum atomic E-state index is 11.9. The Morgan fingerprint density at radius 2 is 1.35 bits per heavy atom. The van der Waals surface area contributed by atoms with E-state index < -0.39 is 18.0 Å². The van der Waals surface area contributed by atoms with Crippen molar-refractivity contribution in [1.29, 1.82) is 0 Å². The van der Waals surface area contributed by atoms with Crippen LogP contribution in [0.25, 0.3) is 0 Å². The Labute approximate surface area is 189 Å². The van der Waals surface area contributed by atoms with E-state index >= 15 is 0 Å². The highest BCUT2D eigenvalue weighted by molar-refractivity contribution is 5.92. The van der Waals surface area contributed by atoms with Gasteiger partial charge in [-0.3, -0.25) is 4.79 Å². The Balaban J connectivity index is 2.01. The van der Waals surface area contributed by atoms with Gasteiger partial charge in [-0.1, -0.05) is 78.6 Å². The fraction of sp³-hybridized carbons (Fsp3) is 0.692. The summed E-state index contributed by atoms with van der Waals surface area (Å²) in [5.74, 6) is -1.19. The maximum Gasteiger partial charge on any atom is 0.338 e. The van der Waals surface area contributed by atoms with Gasteiger partial charge in [0.05, 0.1) is 5.56 Å². The van der Waals surface area contributed by atoms with Gasteiger partial charge in [-0.15, -0.1) is 0 Å². The zero-order valence-corrected chi connectivity index (χ0v) is 20.2. The van der Waals surface area contributed by atoms with E-state index in [1.165, 1.54) is 71.1 Å². The second kappa shape index (κ2) is 14.9. The lowest BCUT2D eigenvalue weighted by Crippen LogP contribution is -2.30. The van der Waals surface area contributed by atoms with Crippen LogP contribution in [0.3, 0.4) is 0 Å².